The maximum Gasteiger partial charge on any atom is 0.264 e. The third-order valence-corrected chi connectivity index (χ3v) is 7.04. The van der Waals surface area contributed by atoms with Crippen molar-refractivity contribution >= 4 is 55.6 Å². The van der Waals surface area contributed by atoms with Crippen LogP contribution in [0.3, 0.4) is 0 Å². The zero-order chi connectivity index (χ0) is 22.4. The zero-order valence-electron chi connectivity index (χ0n) is 18.3. The molecule has 4 aromatic rings. The molecule has 0 radical (unpaired) electrons. The van der Waals surface area contributed by atoms with Gasteiger partial charge in [-0.3, -0.25) is 14.6 Å². The third-order valence-electron chi connectivity index (χ3n) is 5.90. The van der Waals surface area contributed by atoms with E-state index in [1.807, 2.05) is 25.1 Å². The van der Waals surface area contributed by atoms with E-state index in [2.05, 4.69) is 33.5 Å². The molecule has 2 N–H and O–H groups in total. The molecule has 2 amide bonds. The van der Waals surface area contributed by atoms with Crippen molar-refractivity contribution in [2.45, 2.75) is 25.8 Å². The Morgan fingerprint density at radius 1 is 1.22 bits per heavy atom. The number of fused-ring (bicyclic) bond motifs is 2. The van der Waals surface area contributed by atoms with E-state index in [9.17, 15) is 9.59 Å². The van der Waals surface area contributed by atoms with Crippen LogP contribution in [0.15, 0.2) is 42.6 Å². The molecule has 1 aromatic carbocycles. The van der Waals surface area contributed by atoms with Crippen LogP contribution in [0.2, 0.25) is 0 Å². The number of aromatic nitrogens is 2. The molecule has 5 rings (SSSR count). The minimum atomic E-state index is -0.384. The first-order valence-corrected chi connectivity index (χ1v) is 11.5. The van der Waals surface area contributed by atoms with Gasteiger partial charge in [-0.15, -0.1) is 11.3 Å². The number of likely N-dealkylation sites (N-methyl/N-ethyl adjacent to an activating group) is 1. The summed E-state index contributed by atoms with van der Waals surface area (Å²) in [6.07, 6.45) is 3.30. The molecular weight excluding hydrogens is 422 g/mol. The normalized spacial score (nSPS) is 16.1. The van der Waals surface area contributed by atoms with Crippen molar-refractivity contribution in [2.75, 3.05) is 26.0 Å². The van der Waals surface area contributed by atoms with Gasteiger partial charge in [0.25, 0.3) is 5.91 Å². The number of H-pyrrole nitrogens is 1. The van der Waals surface area contributed by atoms with Crippen LogP contribution in [0.4, 0.5) is 11.4 Å². The Morgan fingerprint density at radius 3 is 2.88 bits per heavy atom. The number of carbonyl (C=O) groups excluding carboxylic acids is 2. The van der Waals surface area contributed by atoms with Crippen LogP contribution < -0.4 is 5.32 Å². The molecule has 4 heterocycles. The number of hydrogen-bond acceptors (Lipinski definition) is 5. The van der Waals surface area contributed by atoms with Gasteiger partial charge in [-0.2, -0.15) is 0 Å². The second-order valence-corrected chi connectivity index (χ2v) is 9.50. The van der Waals surface area contributed by atoms with Crippen molar-refractivity contribution in [1.82, 2.24) is 19.8 Å². The van der Waals surface area contributed by atoms with E-state index in [4.69, 9.17) is 0 Å². The largest absolute Gasteiger partial charge is 0.359 e. The van der Waals surface area contributed by atoms with Crippen LogP contribution in [0.5, 0.6) is 0 Å². The summed E-state index contributed by atoms with van der Waals surface area (Å²) in [7, 11) is 3.47. The molecule has 164 valence electrons. The number of nitrogens with one attached hydrogen (secondary N) is 2. The number of likely N-dealkylation sites (tertiary alicyclic amines) is 1. The number of aryl methyl sites for hydroxylation is 1. The van der Waals surface area contributed by atoms with E-state index in [0.29, 0.717) is 17.8 Å². The fourth-order valence-corrected chi connectivity index (χ4v) is 5.40. The molecule has 1 saturated heterocycles. The Balaban J connectivity index is 1.45. The Bertz CT molecular complexity index is 1340. The number of hydrogen-bond donors (Lipinski definition) is 2. The van der Waals surface area contributed by atoms with Gasteiger partial charge in [-0.1, -0.05) is 0 Å². The number of aromatic amines is 1. The molecular formula is C24H25N5O2S. The van der Waals surface area contributed by atoms with Crippen molar-refractivity contribution in [3.05, 3.63) is 53.2 Å². The molecule has 1 aliphatic heterocycles. The van der Waals surface area contributed by atoms with Gasteiger partial charge in [0.1, 0.15) is 6.04 Å². The predicted molar refractivity (Wildman–Crippen MR) is 129 cm³/mol. The van der Waals surface area contributed by atoms with Crippen molar-refractivity contribution in [2.24, 2.45) is 0 Å². The summed E-state index contributed by atoms with van der Waals surface area (Å²) in [5.74, 6) is -0.117. The number of rotatable bonds is 4. The minimum absolute atomic E-state index is 0.0205. The number of carbonyl (C=O) groups is 2. The number of anilines is 2. The van der Waals surface area contributed by atoms with Crippen LogP contribution >= 0.6 is 11.3 Å². The van der Waals surface area contributed by atoms with E-state index in [1.165, 1.54) is 11.3 Å². The lowest BCUT2D eigenvalue weighted by Gasteiger charge is -2.25. The summed E-state index contributed by atoms with van der Waals surface area (Å²) < 4.78 is 0.927. The fraction of sp³-hybridized carbons (Fsp3) is 0.292. The van der Waals surface area contributed by atoms with Crippen LogP contribution in [-0.4, -0.2) is 58.3 Å². The molecule has 0 bridgehead atoms. The molecule has 7 nitrogen and oxygen atoms in total. The van der Waals surface area contributed by atoms with Crippen molar-refractivity contribution in [3.8, 4) is 0 Å². The first-order valence-electron chi connectivity index (χ1n) is 10.7. The van der Waals surface area contributed by atoms with Crippen LogP contribution in [-0.2, 0) is 4.79 Å². The van der Waals surface area contributed by atoms with Gasteiger partial charge in [0.2, 0.25) is 5.91 Å². The van der Waals surface area contributed by atoms with E-state index in [1.54, 1.807) is 30.1 Å². The van der Waals surface area contributed by atoms with Gasteiger partial charge in [-0.25, -0.2) is 0 Å². The van der Waals surface area contributed by atoms with Crippen LogP contribution in [0.25, 0.3) is 21.1 Å². The second-order valence-electron chi connectivity index (χ2n) is 8.45. The Kier molecular flexibility index (Phi) is 5.09. The quantitative estimate of drug-likeness (QED) is 0.482. The average molecular weight is 448 g/mol. The Morgan fingerprint density at radius 2 is 2.06 bits per heavy atom. The minimum Gasteiger partial charge on any atom is -0.359 e. The number of pyridine rings is 1. The summed E-state index contributed by atoms with van der Waals surface area (Å²) in [6, 6.07) is 11.7. The molecule has 0 aliphatic carbocycles. The standard InChI is InChI=1S/C24H25N5O2S/c1-14-11-15-12-16(6-7-17(15)26-14)27-18-8-9-25-19-13-21(32-22(18)19)24(31)29-10-4-5-20(29)23(30)28(2)3/h6-9,11-13,20,26H,4-5,10H2,1-3H3,(H,25,27)/t20-/m0/s1. The lowest BCUT2D eigenvalue weighted by Crippen LogP contribution is -2.45. The molecule has 0 unspecified atom stereocenters. The molecule has 1 aliphatic rings. The number of amides is 2. The molecule has 8 heteroatoms. The van der Waals surface area contributed by atoms with Gasteiger partial charge >= 0.3 is 0 Å². The Labute approximate surface area is 190 Å². The highest BCUT2D eigenvalue weighted by molar-refractivity contribution is 7.21. The molecule has 0 saturated carbocycles. The van der Waals surface area contributed by atoms with E-state index in [-0.39, 0.29) is 17.9 Å². The van der Waals surface area contributed by atoms with E-state index >= 15 is 0 Å². The van der Waals surface area contributed by atoms with E-state index < -0.39 is 0 Å². The Hall–Kier alpha value is -3.39. The molecule has 3 aromatic heterocycles. The van der Waals surface area contributed by atoms with Gasteiger partial charge in [0.05, 0.1) is 20.8 Å². The van der Waals surface area contributed by atoms with Crippen LogP contribution in [0, 0.1) is 6.92 Å². The molecule has 32 heavy (non-hydrogen) atoms. The predicted octanol–water partition coefficient (Wildman–Crippen LogP) is 4.52. The highest BCUT2D eigenvalue weighted by atomic mass is 32.1. The number of nitrogens with zero attached hydrogens (tertiary/aromatic N) is 3. The van der Waals surface area contributed by atoms with Crippen molar-refractivity contribution in [1.29, 1.82) is 0 Å². The fourth-order valence-electron chi connectivity index (χ4n) is 4.36. The van der Waals surface area contributed by atoms with E-state index in [0.717, 1.165) is 44.6 Å². The van der Waals surface area contributed by atoms with Crippen molar-refractivity contribution < 1.29 is 9.59 Å². The monoisotopic (exact) mass is 447 g/mol. The zero-order valence-corrected chi connectivity index (χ0v) is 19.1. The lowest BCUT2D eigenvalue weighted by atomic mass is 10.2. The second kappa shape index (κ2) is 7.94. The third kappa shape index (κ3) is 3.60. The summed E-state index contributed by atoms with van der Waals surface area (Å²) in [5, 5.41) is 4.63. The maximum atomic E-state index is 13.3. The molecule has 1 fully saturated rings. The number of benzene rings is 1. The topological polar surface area (TPSA) is 81.3 Å². The summed E-state index contributed by atoms with van der Waals surface area (Å²) in [5.41, 5.74) is 4.88. The average Bonchev–Trinajstić information content (AvgIpc) is 3.49. The molecule has 1 atom stereocenters. The SMILES string of the molecule is Cc1cc2cc(Nc3ccnc4cc(C(=O)N5CCC[C@H]5C(=O)N(C)C)sc34)ccc2[nH]1. The summed E-state index contributed by atoms with van der Waals surface area (Å²) in [4.78, 5) is 37.5. The first-order chi connectivity index (χ1) is 15.4. The summed E-state index contributed by atoms with van der Waals surface area (Å²) >= 11 is 1.42. The number of thiophene rings is 1. The van der Waals surface area contributed by atoms with Gasteiger partial charge in [-0.05, 0) is 56.2 Å². The highest BCUT2D eigenvalue weighted by Gasteiger charge is 2.36. The van der Waals surface area contributed by atoms with Crippen molar-refractivity contribution in [3.63, 3.8) is 0 Å². The summed E-state index contributed by atoms with van der Waals surface area (Å²) in [6.45, 7) is 2.65. The van der Waals surface area contributed by atoms with Gasteiger partial charge < -0.3 is 20.1 Å². The molecule has 0 spiro atoms. The van der Waals surface area contributed by atoms with Gasteiger partial charge in [0, 0.05) is 49.1 Å². The van der Waals surface area contributed by atoms with Gasteiger partial charge in [0.15, 0.2) is 0 Å². The smallest absolute Gasteiger partial charge is 0.264 e. The highest BCUT2D eigenvalue weighted by Crippen LogP contribution is 2.34. The lowest BCUT2D eigenvalue weighted by molar-refractivity contribution is -0.132. The maximum absolute atomic E-state index is 13.3. The first kappa shape index (κ1) is 20.5. The van der Waals surface area contributed by atoms with Crippen LogP contribution in [0.1, 0.15) is 28.2 Å².